The third-order valence-corrected chi connectivity index (χ3v) is 4.72. The van der Waals surface area contributed by atoms with Gasteiger partial charge in [-0.2, -0.15) is 0 Å². The summed E-state index contributed by atoms with van der Waals surface area (Å²) in [4.78, 5) is 16.6. The summed E-state index contributed by atoms with van der Waals surface area (Å²) in [7, 11) is 1.55. The minimum absolute atomic E-state index is 0.149. The number of nitrogens with one attached hydrogen (secondary N) is 1. The number of para-hydroxylation sites is 2. The van der Waals surface area contributed by atoms with Crippen molar-refractivity contribution in [3.05, 3.63) is 57.6 Å². The molecule has 1 heterocycles. The van der Waals surface area contributed by atoms with Crippen molar-refractivity contribution in [2.75, 3.05) is 19.0 Å². The summed E-state index contributed by atoms with van der Waals surface area (Å²) in [5.41, 5.74) is 1.27. The fourth-order valence-electron chi connectivity index (χ4n) is 2.36. The summed E-state index contributed by atoms with van der Waals surface area (Å²) < 4.78 is 12.6. The number of methoxy groups -OCH3 is 1. The highest BCUT2D eigenvalue weighted by molar-refractivity contribution is 9.11. The minimum atomic E-state index is -0.289. The highest BCUT2D eigenvalue weighted by atomic mass is 79.9. The maximum Gasteiger partial charge on any atom is 0.262 e. The molecule has 0 saturated carbocycles. The lowest BCUT2D eigenvalue weighted by Crippen LogP contribution is -2.20. The van der Waals surface area contributed by atoms with E-state index in [4.69, 9.17) is 9.47 Å². The van der Waals surface area contributed by atoms with Crippen molar-refractivity contribution in [1.29, 1.82) is 0 Å². The van der Waals surface area contributed by atoms with E-state index in [0.717, 1.165) is 14.3 Å². The summed E-state index contributed by atoms with van der Waals surface area (Å²) in [5.74, 6) is 0.824. The minimum Gasteiger partial charge on any atom is -0.495 e. The molecule has 0 spiro atoms. The smallest absolute Gasteiger partial charge is 0.262 e. The van der Waals surface area contributed by atoms with Crippen molar-refractivity contribution >= 4 is 54.4 Å². The highest BCUT2D eigenvalue weighted by Gasteiger charge is 2.14. The maximum atomic E-state index is 12.2. The highest BCUT2D eigenvalue weighted by Crippen LogP contribution is 2.37. The second-order valence-electron chi connectivity index (χ2n) is 5.11. The van der Waals surface area contributed by atoms with Crippen LogP contribution in [0.25, 0.3) is 10.9 Å². The third-order valence-electron chi connectivity index (χ3n) is 3.48. The van der Waals surface area contributed by atoms with Crippen LogP contribution in [0.2, 0.25) is 0 Å². The lowest BCUT2D eigenvalue weighted by atomic mass is 10.2. The van der Waals surface area contributed by atoms with Crippen molar-refractivity contribution in [3.63, 3.8) is 0 Å². The Morgan fingerprint density at radius 3 is 2.76 bits per heavy atom. The molecule has 1 N–H and O–H groups in total. The molecule has 7 heteroatoms. The van der Waals surface area contributed by atoms with E-state index in [9.17, 15) is 4.79 Å². The van der Waals surface area contributed by atoms with Gasteiger partial charge in [0.25, 0.3) is 5.91 Å². The molecule has 0 saturated heterocycles. The summed E-state index contributed by atoms with van der Waals surface area (Å²) >= 11 is 6.96. The van der Waals surface area contributed by atoms with E-state index in [0.29, 0.717) is 22.7 Å². The van der Waals surface area contributed by atoms with Crippen LogP contribution >= 0.6 is 31.9 Å². The molecule has 128 valence electrons. The normalized spacial score (nSPS) is 10.5. The van der Waals surface area contributed by atoms with Crippen LogP contribution in [-0.2, 0) is 4.79 Å². The molecule has 2 aromatic carbocycles. The van der Waals surface area contributed by atoms with Gasteiger partial charge in [0.05, 0.1) is 17.3 Å². The molecule has 3 aromatic rings. The van der Waals surface area contributed by atoms with Crippen molar-refractivity contribution in [3.8, 4) is 11.5 Å². The zero-order chi connectivity index (χ0) is 17.8. The molecule has 0 aliphatic heterocycles. The summed E-state index contributed by atoms with van der Waals surface area (Å²) in [6.07, 6.45) is 1.68. The first-order valence-electron chi connectivity index (χ1n) is 7.38. The first-order chi connectivity index (χ1) is 12.1. The molecular weight excluding hydrogens is 452 g/mol. The third kappa shape index (κ3) is 3.93. The Bertz CT molecular complexity index is 931. The number of benzene rings is 2. The second kappa shape index (κ2) is 7.84. The number of pyridine rings is 1. The number of amides is 1. The molecule has 0 aliphatic rings. The number of rotatable bonds is 5. The van der Waals surface area contributed by atoms with Crippen LogP contribution in [0.15, 0.2) is 57.6 Å². The predicted octanol–water partition coefficient (Wildman–Crippen LogP) is 4.79. The first-order valence-corrected chi connectivity index (χ1v) is 8.97. The standard InChI is InChI=1S/C18H14Br2N2O3/c1-24-15-7-3-2-6-14(15)22-16(23)10-25-18-13(20)9-12(19)11-5-4-8-21-17(11)18/h2-9H,10H2,1H3,(H,22,23). The molecule has 25 heavy (non-hydrogen) atoms. The maximum absolute atomic E-state index is 12.2. The van der Waals surface area contributed by atoms with Crippen molar-refractivity contribution in [1.82, 2.24) is 4.98 Å². The SMILES string of the molecule is COc1ccccc1NC(=O)COc1c(Br)cc(Br)c2cccnc12. The van der Waals surface area contributed by atoms with E-state index in [1.54, 1.807) is 25.4 Å². The average Bonchev–Trinajstić information content (AvgIpc) is 2.62. The summed E-state index contributed by atoms with van der Waals surface area (Å²) in [6.45, 7) is -0.149. The van der Waals surface area contributed by atoms with E-state index in [-0.39, 0.29) is 12.5 Å². The van der Waals surface area contributed by atoms with Crippen LogP contribution in [0.5, 0.6) is 11.5 Å². The van der Waals surface area contributed by atoms with Gasteiger partial charge >= 0.3 is 0 Å². The van der Waals surface area contributed by atoms with Crippen LogP contribution in [0.4, 0.5) is 5.69 Å². The molecule has 5 nitrogen and oxygen atoms in total. The van der Waals surface area contributed by atoms with E-state index in [2.05, 4.69) is 42.2 Å². The van der Waals surface area contributed by atoms with Gasteiger partial charge < -0.3 is 14.8 Å². The van der Waals surface area contributed by atoms with Crippen LogP contribution in [-0.4, -0.2) is 24.6 Å². The Balaban J connectivity index is 1.78. The Morgan fingerprint density at radius 2 is 1.96 bits per heavy atom. The number of ether oxygens (including phenoxy) is 2. The number of carbonyl (C=O) groups excluding carboxylic acids is 1. The number of hydrogen-bond acceptors (Lipinski definition) is 4. The Kier molecular flexibility index (Phi) is 5.55. The number of hydrogen-bond donors (Lipinski definition) is 1. The molecule has 0 fully saturated rings. The molecule has 0 aliphatic carbocycles. The average molecular weight is 466 g/mol. The quantitative estimate of drug-likeness (QED) is 0.588. The molecular formula is C18H14Br2N2O3. The monoisotopic (exact) mass is 464 g/mol. The fraction of sp³-hybridized carbons (Fsp3) is 0.111. The van der Waals surface area contributed by atoms with Crippen LogP contribution in [0.1, 0.15) is 0 Å². The lowest BCUT2D eigenvalue weighted by molar-refractivity contribution is -0.118. The number of halogens is 2. The van der Waals surface area contributed by atoms with Gasteiger partial charge in [-0.15, -0.1) is 0 Å². The molecule has 0 radical (unpaired) electrons. The van der Waals surface area contributed by atoms with Gasteiger partial charge in [-0.1, -0.05) is 34.1 Å². The molecule has 0 unspecified atom stereocenters. The first kappa shape index (κ1) is 17.7. The molecule has 3 rings (SSSR count). The number of aromatic nitrogens is 1. The van der Waals surface area contributed by atoms with Gasteiger partial charge in [0, 0.05) is 16.1 Å². The summed E-state index contributed by atoms with van der Waals surface area (Å²) in [6, 6.07) is 12.9. The number of carbonyl (C=O) groups is 1. The zero-order valence-electron chi connectivity index (χ0n) is 13.3. The topological polar surface area (TPSA) is 60.5 Å². The lowest BCUT2D eigenvalue weighted by Gasteiger charge is -2.13. The van der Waals surface area contributed by atoms with Gasteiger partial charge in [-0.05, 0) is 40.2 Å². The number of fused-ring (bicyclic) bond motifs is 1. The largest absolute Gasteiger partial charge is 0.495 e. The van der Waals surface area contributed by atoms with E-state index < -0.39 is 0 Å². The van der Waals surface area contributed by atoms with Crippen molar-refractivity contribution < 1.29 is 14.3 Å². The van der Waals surface area contributed by atoms with Gasteiger partial charge in [0.15, 0.2) is 12.4 Å². The zero-order valence-corrected chi connectivity index (χ0v) is 16.4. The van der Waals surface area contributed by atoms with Gasteiger partial charge in [0.2, 0.25) is 0 Å². The van der Waals surface area contributed by atoms with Gasteiger partial charge in [-0.3, -0.25) is 9.78 Å². The van der Waals surface area contributed by atoms with Crippen LogP contribution < -0.4 is 14.8 Å². The Hall–Kier alpha value is -2.12. The van der Waals surface area contributed by atoms with E-state index in [1.807, 2.05) is 30.3 Å². The van der Waals surface area contributed by atoms with Crippen molar-refractivity contribution in [2.45, 2.75) is 0 Å². The molecule has 1 amide bonds. The van der Waals surface area contributed by atoms with E-state index >= 15 is 0 Å². The Morgan fingerprint density at radius 1 is 1.16 bits per heavy atom. The van der Waals surface area contributed by atoms with Gasteiger partial charge in [0.1, 0.15) is 11.3 Å². The number of nitrogens with zero attached hydrogens (tertiary/aromatic N) is 1. The van der Waals surface area contributed by atoms with Crippen molar-refractivity contribution in [2.24, 2.45) is 0 Å². The summed E-state index contributed by atoms with van der Waals surface area (Å²) in [5, 5.41) is 3.68. The van der Waals surface area contributed by atoms with Crippen LogP contribution in [0.3, 0.4) is 0 Å². The predicted molar refractivity (Wildman–Crippen MR) is 104 cm³/mol. The fourth-order valence-corrected chi connectivity index (χ4v) is 3.74. The van der Waals surface area contributed by atoms with Gasteiger partial charge in [-0.25, -0.2) is 0 Å². The Labute approximate surface area is 161 Å². The molecule has 0 bridgehead atoms. The second-order valence-corrected chi connectivity index (χ2v) is 6.81. The molecule has 1 aromatic heterocycles. The molecule has 0 atom stereocenters. The number of anilines is 1. The van der Waals surface area contributed by atoms with Crippen LogP contribution in [0, 0.1) is 0 Å². The van der Waals surface area contributed by atoms with E-state index in [1.165, 1.54) is 0 Å².